The number of amides is 1. The highest BCUT2D eigenvalue weighted by atomic mass is 16.2. The molecular weight excluding hydrogens is 340 g/mol. The third-order valence-corrected chi connectivity index (χ3v) is 6.64. The monoisotopic (exact) mass is 368 g/mol. The Morgan fingerprint density at radius 2 is 1.93 bits per heavy atom. The van der Waals surface area contributed by atoms with Gasteiger partial charge in [-0.05, 0) is 56.6 Å². The van der Waals surface area contributed by atoms with E-state index in [0.29, 0.717) is 18.4 Å². The lowest BCUT2D eigenvalue weighted by Gasteiger charge is -2.34. The van der Waals surface area contributed by atoms with E-state index in [1.807, 2.05) is 26.2 Å². The molecule has 1 atom stereocenters. The van der Waals surface area contributed by atoms with Crippen molar-refractivity contribution >= 4 is 17.1 Å². The van der Waals surface area contributed by atoms with Gasteiger partial charge in [0.2, 0.25) is 5.91 Å². The third-order valence-electron chi connectivity index (χ3n) is 6.64. The van der Waals surface area contributed by atoms with Gasteiger partial charge in [-0.3, -0.25) is 13.9 Å². The van der Waals surface area contributed by atoms with Gasteiger partial charge in [0.15, 0.2) is 5.65 Å². The fourth-order valence-corrected chi connectivity index (χ4v) is 4.97. The number of carbonyl (C=O) groups is 1. The van der Waals surface area contributed by atoms with Crippen LogP contribution in [0.15, 0.2) is 23.1 Å². The largest absolute Gasteiger partial charge is 0.340 e. The predicted molar refractivity (Wildman–Crippen MR) is 104 cm³/mol. The number of pyridine rings is 1. The molecule has 2 aromatic heterocycles. The summed E-state index contributed by atoms with van der Waals surface area (Å²) in [5.41, 5.74) is 1.77. The summed E-state index contributed by atoms with van der Waals surface area (Å²) >= 11 is 0. The number of hydrogen-bond acceptors (Lipinski definition) is 3. The lowest BCUT2D eigenvalue weighted by molar-refractivity contribution is -0.137. The number of piperidine rings is 1. The smallest absolute Gasteiger partial charge is 0.330 e. The highest BCUT2D eigenvalue weighted by molar-refractivity contribution is 5.79. The molecule has 2 saturated carbocycles. The van der Waals surface area contributed by atoms with Gasteiger partial charge in [0.25, 0.3) is 0 Å². The van der Waals surface area contributed by atoms with Crippen molar-refractivity contribution in [2.24, 2.45) is 11.8 Å². The first-order chi connectivity index (χ1) is 13.2. The number of imidazole rings is 1. The Morgan fingerprint density at radius 1 is 1.11 bits per heavy atom. The van der Waals surface area contributed by atoms with Gasteiger partial charge in [-0.2, -0.15) is 0 Å². The third kappa shape index (κ3) is 3.09. The molecule has 3 aliphatic rings. The Kier molecular flexibility index (Phi) is 4.29. The summed E-state index contributed by atoms with van der Waals surface area (Å²) in [6.45, 7) is 2.27. The van der Waals surface area contributed by atoms with Crippen molar-refractivity contribution in [1.82, 2.24) is 19.0 Å². The Hall–Kier alpha value is -2.11. The minimum Gasteiger partial charge on any atom is -0.340 e. The zero-order valence-corrected chi connectivity index (χ0v) is 15.8. The van der Waals surface area contributed by atoms with E-state index in [2.05, 4.69) is 4.98 Å². The Labute approximate surface area is 159 Å². The van der Waals surface area contributed by atoms with Gasteiger partial charge in [-0.1, -0.05) is 12.8 Å². The Morgan fingerprint density at radius 3 is 2.70 bits per heavy atom. The number of rotatable bonds is 4. The molecule has 2 aliphatic carbocycles. The van der Waals surface area contributed by atoms with E-state index in [1.165, 1.54) is 25.7 Å². The molecule has 2 aromatic rings. The van der Waals surface area contributed by atoms with E-state index < -0.39 is 0 Å². The zero-order valence-electron chi connectivity index (χ0n) is 15.8. The van der Waals surface area contributed by atoms with E-state index in [4.69, 9.17) is 0 Å². The number of carbonyl (C=O) groups excluding carboxylic acids is 1. The quantitative estimate of drug-likeness (QED) is 0.834. The van der Waals surface area contributed by atoms with Crippen molar-refractivity contribution in [3.8, 4) is 0 Å². The SMILES string of the molecule is O=C(C1CCCC1)N1CCC[C@H](n2c(=O)n(CC3CC3)c3cccnc32)C1. The highest BCUT2D eigenvalue weighted by Crippen LogP contribution is 2.33. The molecule has 3 fully saturated rings. The molecule has 1 amide bonds. The fraction of sp³-hybridized carbons (Fsp3) is 0.667. The number of aromatic nitrogens is 3. The summed E-state index contributed by atoms with van der Waals surface area (Å²) in [6.07, 6.45) is 10.5. The summed E-state index contributed by atoms with van der Waals surface area (Å²) in [5.74, 6) is 1.14. The molecular formula is C21H28N4O2. The second kappa shape index (κ2) is 6.80. The standard InChI is InChI=1S/C21H28N4O2/c26-20(16-5-1-2-6-16)23-12-4-7-17(14-23)25-19-18(8-3-11-22-19)24(21(25)27)13-15-9-10-15/h3,8,11,15-17H,1-2,4-7,9-10,12-14H2/t17-/m0/s1. The summed E-state index contributed by atoms with van der Waals surface area (Å²) < 4.78 is 3.80. The molecule has 0 unspecified atom stereocenters. The Bertz CT molecular complexity index is 905. The van der Waals surface area contributed by atoms with E-state index in [1.54, 1.807) is 6.20 Å². The van der Waals surface area contributed by atoms with E-state index in [9.17, 15) is 9.59 Å². The average Bonchev–Trinajstić information content (AvgIpc) is 3.26. The molecule has 27 heavy (non-hydrogen) atoms. The van der Waals surface area contributed by atoms with Gasteiger partial charge in [0.05, 0.1) is 11.6 Å². The van der Waals surface area contributed by atoms with Gasteiger partial charge in [0, 0.05) is 31.7 Å². The molecule has 0 spiro atoms. The van der Waals surface area contributed by atoms with Crippen molar-refractivity contribution in [3.05, 3.63) is 28.8 Å². The van der Waals surface area contributed by atoms with Crippen LogP contribution in [0.3, 0.4) is 0 Å². The van der Waals surface area contributed by atoms with E-state index >= 15 is 0 Å². The normalized spacial score (nSPS) is 24.0. The first-order valence-electron chi connectivity index (χ1n) is 10.6. The molecule has 0 aromatic carbocycles. The molecule has 6 heteroatoms. The lowest BCUT2D eigenvalue weighted by atomic mass is 10.0. The van der Waals surface area contributed by atoms with Crippen LogP contribution in [0.2, 0.25) is 0 Å². The fourth-order valence-electron chi connectivity index (χ4n) is 4.97. The second-order valence-electron chi connectivity index (χ2n) is 8.61. The average molecular weight is 368 g/mol. The molecule has 144 valence electrons. The van der Waals surface area contributed by atoms with E-state index in [0.717, 1.165) is 49.9 Å². The van der Waals surface area contributed by atoms with Gasteiger partial charge in [0.1, 0.15) is 0 Å². The molecule has 3 heterocycles. The summed E-state index contributed by atoms with van der Waals surface area (Å²) in [5, 5.41) is 0. The topological polar surface area (TPSA) is 60.1 Å². The highest BCUT2D eigenvalue weighted by Gasteiger charge is 2.33. The van der Waals surface area contributed by atoms with Crippen molar-refractivity contribution in [2.75, 3.05) is 13.1 Å². The summed E-state index contributed by atoms with van der Waals surface area (Å²) in [7, 11) is 0. The van der Waals surface area contributed by atoms with Crippen molar-refractivity contribution in [2.45, 2.75) is 64.0 Å². The van der Waals surface area contributed by atoms with Gasteiger partial charge < -0.3 is 4.90 Å². The number of hydrogen-bond donors (Lipinski definition) is 0. The lowest BCUT2D eigenvalue weighted by Crippen LogP contribution is -2.45. The molecule has 6 nitrogen and oxygen atoms in total. The van der Waals surface area contributed by atoms with Gasteiger partial charge >= 0.3 is 5.69 Å². The molecule has 1 aliphatic heterocycles. The van der Waals surface area contributed by atoms with Gasteiger partial charge in [-0.25, -0.2) is 9.78 Å². The minimum atomic E-state index is 0.0365. The number of likely N-dealkylation sites (tertiary alicyclic amines) is 1. The summed E-state index contributed by atoms with van der Waals surface area (Å²) in [4.78, 5) is 32.7. The maximum Gasteiger partial charge on any atom is 0.330 e. The maximum atomic E-state index is 13.3. The molecule has 0 radical (unpaired) electrons. The molecule has 1 saturated heterocycles. The first kappa shape index (κ1) is 17.0. The van der Waals surface area contributed by atoms with Crippen LogP contribution < -0.4 is 5.69 Å². The Balaban J connectivity index is 1.46. The van der Waals surface area contributed by atoms with Crippen LogP contribution in [-0.4, -0.2) is 38.0 Å². The second-order valence-corrected chi connectivity index (χ2v) is 8.61. The van der Waals surface area contributed by atoms with Crippen molar-refractivity contribution in [1.29, 1.82) is 0 Å². The van der Waals surface area contributed by atoms with Crippen LogP contribution in [0, 0.1) is 11.8 Å². The van der Waals surface area contributed by atoms with Crippen LogP contribution in [0.1, 0.15) is 57.4 Å². The molecule has 5 rings (SSSR count). The number of fused-ring (bicyclic) bond motifs is 1. The van der Waals surface area contributed by atoms with Crippen LogP contribution in [-0.2, 0) is 11.3 Å². The minimum absolute atomic E-state index is 0.0365. The van der Waals surface area contributed by atoms with Crippen LogP contribution >= 0.6 is 0 Å². The van der Waals surface area contributed by atoms with Crippen molar-refractivity contribution < 1.29 is 4.79 Å². The van der Waals surface area contributed by atoms with Crippen LogP contribution in [0.4, 0.5) is 0 Å². The number of nitrogens with zero attached hydrogens (tertiary/aromatic N) is 4. The molecule has 0 bridgehead atoms. The predicted octanol–water partition coefficient (Wildman–Crippen LogP) is 2.96. The van der Waals surface area contributed by atoms with Crippen LogP contribution in [0.25, 0.3) is 11.2 Å². The maximum absolute atomic E-state index is 13.3. The van der Waals surface area contributed by atoms with Gasteiger partial charge in [-0.15, -0.1) is 0 Å². The van der Waals surface area contributed by atoms with Crippen molar-refractivity contribution in [3.63, 3.8) is 0 Å². The molecule has 0 N–H and O–H groups in total. The first-order valence-corrected chi connectivity index (χ1v) is 10.6. The zero-order chi connectivity index (χ0) is 18.4. The summed E-state index contributed by atoms with van der Waals surface area (Å²) in [6, 6.07) is 3.95. The van der Waals surface area contributed by atoms with Crippen LogP contribution in [0.5, 0.6) is 0 Å². The van der Waals surface area contributed by atoms with E-state index in [-0.39, 0.29) is 17.6 Å².